The molecular formula is C21H23F2N3O4. The molecule has 0 aromatic carbocycles. The molecule has 2 fully saturated rings. The summed E-state index contributed by atoms with van der Waals surface area (Å²) in [7, 11) is 0. The fourth-order valence-corrected chi connectivity index (χ4v) is 4.59. The zero-order valence-corrected chi connectivity index (χ0v) is 17.1. The quantitative estimate of drug-likeness (QED) is 0.559. The number of rotatable bonds is 4. The lowest BCUT2D eigenvalue weighted by atomic mass is 9.71. The smallest absolute Gasteiger partial charge is 0.248 e. The van der Waals surface area contributed by atoms with Gasteiger partial charge in [-0.3, -0.25) is 23.9 Å². The molecule has 0 unspecified atom stereocenters. The molecule has 2 aromatic rings. The van der Waals surface area contributed by atoms with E-state index in [0.29, 0.717) is 22.8 Å². The summed E-state index contributed by atoms with van der Waals surface area (Å²) in [5.41, 5.74) is 0.671. The first-order valence-corrected chi connectivity index (χ1v) is 9.91. The minimum absolute atomic E-state index is 0.0325. The second kappa shape index (κ2) is 6.85. The normalized spacial score (nSPS) is 20.4. The fraction of sp³-hybridized carbons (Fsp3) is 0.524. The molecule has 0 N–H and O–H groups in total. The van der Waals surface area contributed by atoms with Crippen molar-refractivity contribution in [1.29, 1.82) is 0 Å². The first-order valence-electron chi connectivity index (χ1n) is 9.91. The molecule has 1 saturated carbocycles. The molecule has 1 aliphatic carbocycles. The largest absolute Gasteiger partial charge is 0.360 e. The molecule has 1 saturated heterocycles. The van der Waals surface area contributed by atoms with Crippen LogP contribution in [0.3, 0.4) is 0 Å². The predicted octanol–water partition coefficient (Wildman–Crippen LogP) is 3.53. The van der Waals surface area contributed by atoms with Crippen LogP contribution in [0.4, 0.5) is 8.78 Å². The second-order valence-electron chi connectivity index (χ2n) is 8.44. The van der Waals surface area contributed by atoms with E-state index in [2.05, 4.69) is 5.16 Å². The number of ketones is 1. The van der Waals surface area contributed by atoms with Crippen molar-refractivity contribution in [3.05, 3.63) is 34.8 Å². The maximum Gasteiger partial charge on any atom is 0.248 e. The van der Waals surface area contributed by atoms with Crippen LogP contribution in [-0.2, 0) is 9.59 Å². The number of hydrogen-bond acceptors (Lipinski definition) is 5. The number of likely N-dealkylation sites (tertiary alicyclic amines) is 1. The summed E-state index contributed by atoms with van der Waals surface area (Å²) in [6.07, 6.45) is -0.991. The first-order chi connectivity index (χ1) is 14.0. The van der Waals surface area contributed by atoms with Gasteiger partial charge < -0.3 is 4.52 Å². The van der Waals surface area contributed by atoms with Crippen LogP contribution in [0.25, 0.3) is 5.82 Å². The van der Waals surface area contributed by atoms with E-state index in [9.17, 15) is 23.2 Å². The molecule has 0 atom stereocenters. The third kappa shape index (κ3) is 3.26. The second-order valence-corrected chi connectivity index (χ2v) is 8.44. The lowest BCUT2D eigenvalue weighted by molar-refractivity contribution is -0.144. The first kappa shape index (κ1) is 20.4. The fourth-order valence-electron chi connectivity index (χ4n) is 4.59. The molecule has 1 spiro atoms. The van der Waals surface area contributed by atoms with Gasteiger partial charge in [-0.1, -0.05) is 5.16 Å². The Kier molecular flexibility index (Phi) is 4.67. The summed E-state index contributed by atoms with van der Waals surface area (Å²) in [4.78, 5) is 39.3. The summed E-state index contributed by atoms with van der Waals surface area (Å²) < 4.78 is 34.0. The molecule has 2 aliphatic rings. The van der Waals surface area contributed by atoms with Crippen molar-refractivity contribution in [2.75, 3.05) is 6.54 Å². The van der Waals surface area contributed by atoms with Crippen molar-refractivity contribution in [2.45, 2.75) is 58.8 Å². The molecule has 0 radical (unpaired) electrons. The van der Waals surface area contributed by atoms with Crippen LogP contribution >= 0.6 is 0 Å². The van der Waals surface area contributed by atoms with Crippen LogP contribution in [0.15, 0.2) is 16.7 Å². The Morgan fingerprint density at radius 2 is 1.80 bits per heavy atom. The molecule has 2 amide bonds. The van der Waals surface area contributed by atoms with Crippen molar-refractivity contribution in [3.8, 4) is 5.82 Å². The molecule has 3 heterocycles. The number of carbonyl (C=O) groups excluding carboxylic acids is 3. The molecule has 1 aliphatic heterocycles. The van der Waals surface area contributed by atoms with E-state index in [4.69, 9.17) is 4.52 Å². The van der Waals surface area contributed by atoms with Crippen molar-refractivity contribution in [1.82, 2.24) is 14.6 Å². The molecule has 4 rings (SSSR count). The highest BCUT2D eigenvalue weighted by Gasteiger charge is 2.55. The minimum Gasteiger partial charge on any atom is -0.360 e. The zero-order chi connectivity index (χ0) is 21.8. The molecular weight excluding hydrogens is 396 g/mol. The Morgan fingerprint density at radius 1 is 1.13 bits per heavy atom. The van der Waals surface area contributed by atoms with Crippen molar-refractivity contribution in [2.24, 2.45) is 5.41 Å². The van der Waals surface area contributed by atoms with E-state index in [0.717, 1.165) is 10.6 Å². The van der Waals surface area contributed by atoms with E-state index in [1.54, 1.807) is 30.5 Å². The highest BCUT2D eigenvalue weighted by atomic mass is 19.3. The van der Waals surface area contributed by atoms with Gasteiger partial charge in [0.1, 0.15) is 5.76 Å². The lowest BCUT2D eigenvalue weighted by Crippen LogP contribution is -2.42. The number of nitrogens with zero attached hydrogens (tertiary/aromatic N) is 3. The van der Waals surface area contributed by atoms with E-state index in [-0.39, 0.29) is 25.0 Å². The third-order valence-electron chi connectivity index (χ3n) is 6.31. The Bertz CT molecular complexity index is 1040. The Balaban J connectivity index is 1.55. The molecule has 2 aromatic heterocycles. The van der Waals surface area contributed by atoms with Gasteiger partial charge in [0, 0.05) is 42.3 Å². The molecule has 7 nitrogen and oxygen atoms in total. The number of aryl methyl sites for hydroxylation is 2. The number of amides is 2. The third-order valence-corrected chi connectivity index (χ3v) is 6.31. The maximum absolute atomic E-state index is 13.5. The molecule has 0 bridgehead atoms. The van der Waals surface area contributed by atoms with E-state index >= 15 is 0 Å². The van der Waals surface area contributed by atoms with Crippen LogP contribution < -0.4 is 0 Å². The van der Waals surface area contributed by atoms with Gasteiger partial charge in [0.05, 0.1) is 12.0 Å². The average Bonchev–Trinajstić information content (AvgIpc) is 3.29. The lowest BCUT2D eigenvalue weighted by Gasteiger charge is -2.34. The van der Waals surface area contributed by atoms with Gasteiger partial charge in [0.25, 0.3) is 0 Å². The summed E-state index contributed by atoms with van der Waals surface area (Å²) >= 11 is 0. The Hall–Kier alpha value is -2.84. The van der Waals surface area contributed by atoms with Gasteiger partial charge in [0.15, 0.2) is 11.6 Å². The summed E-state index contributed by atoms with van der Waals surface area (Å²) in [5, 5.41) is 3.97. The summed E-state index contributed by atoms with van der Waals surface area (Å²) in [6.45, 7) is 4.94. The van der Waals surface area contributed by atoms with E-state index in [1.165, 1.54) is 0 Å². The van der Waals surface area contributed by atoms with Crippen molar-refractivity contribution >= 4 is 17.6 Å². The number of aromatic nitrogens is 2. The number of halogens is 2. The van der Waals surface area contributed by atoms with Gasteiger partial charge in [-0.25, -0.2) is 8.78 Å². The van der Waals surface area contributed by atoms with Gasteiger partial charge in [-0.05, 0) is 39.7 Å². The van der Waals surface area contributed by atoms with Gasteiger partial charge in [-0.15, -0.1) is 0 Å². The topological polar surface area (TPSA) is 85.4 Å². The van der Waals surface area contributed by atoms with Crippen molar-refractivity contribution in [3.63, 3.8) is 0 Å². The summed E-state index contributed by atoms with van der Waals surface area (Å²) in [5.74, 6) is -2.99. The summed E-state index contributed by atoms with van der Waals surface area (Å²) in [6, 6.07) is 3.42. The van der Waals surface area contributed by atoms with Crippen LogP contribution in [0.5, 0.6) is 0 Å². The van der Waals surface area contributed by atoms with Crippen LogP contribution in [0, 0.1) is 26.2 Å². The number of imide groups is 1. The highest BCUT2D eigenvalue weighted by molar-refractivity contribution is 6.10. The Morgan fingerprint density at radius 3 is 2.40 bits per heavy atom. The van der Waals surface area contributed by atoms with Gasteiger partial charge >= 0.3 is 0 Å². The van der Waals surface area contributed by atoms with E-state index in [1.807, 2.05) is 6.92 Å². The average molecular weight is 419 g/mol. The zero-order valence-electron chi connectivity index (χ0n) is 17.1. The number of Topliss-reactive ketones (excluding diaryl/α,β-unsaturated/α-hetero) is 1. The van der Waals surface area contributed by atoms with Crippen LogP contribution in [-0.4, -0.2) is 44.7 Å². The van der Waals surface area contributed by atoms with Gasteiger partial charge in [-0.2, -0.15) is 0 Å². The monoisotopic (exact) mass is 419 g/mol. The molecule has 30 heavy (non-hydrogen) atoms. The van der Waals surface area contributed by atoms with Gasteiger partial charge in [0.2, 0.25) is 17.7 Å². The molecule has 9 heteroatoms. The Labute approximate surface area is 172 Å². The SMILES string of the molecule is Cc1cc(-n2c(C)cc(C(=O)CN3C(=O)CC4(CCC(F)(F)CC4)C3=O)c2C)no1. The van der Waals surface area contributed by atoms with E-state index < -0.39 is 42.5 Å². The van der Waals surface area contributed by atoms with Crippen LogP contribution in [0.1, 0.15) is 59.6 Å². The number of carbonyl (C=O) groups is 3. The predicted molar refractivity (Wildman–Crippen MR) is 102 cm³/mol. The number of alkyl halides is 2. The highest BCUT2D eigenvalue weighted by Crippen LogP contribution is 2.49. The maximum atomic E-state index is 13.5. The molecule has 160 valence electrons. The minimum atomic E-state index is -2.80. The van der Waals surface area contributed by atoms with Crippen LogP contribution in [0.2, 0.25) is 0 Å². The van der Waals surface area contributed by atoms with Crippen molar-refractivity contribution < 1.29 is 27.7 Å². The standard InChI is InChI=1S/C21H23F2N3O4/c1-12-8-15(14(3)26(12)17-9-13(2)30-24-17)16(27)11-25-18(28)10-20(19(25)29)4-6-21(22,23)7-5-20/h8-9H,4-7,10-11H2,1-3H3. The number of hydrogen-bond donors (Lipinski definition) is 0.